The van der Waals surface area contributed by atoms with Gasteiger partial charge in [0.05, 0.1) is 5.69 Å². The smallest absolute Gasteiger partial charge is 0.221 e. The molecular weight excluding hydrogens is 240 g/mol. The molecule has 0 aliphatic rings. The summed E-state index contributed by atoms with van der Waals surface area (Å²) in [5.41, 5.74) is 3.16. The second-order valence-corrected chi connectivity index (χ2v) is 4.21. The molecule has 1 amide bonds. The van der Waals surface area contributed by atoms with Gasteiger partial charge in [-0.15, -0.1) is 10.2 Å². The summed E-state index contributed by atoms with van der Waals surface area (Å²) in [6.07, 6.45) is 0. The second kappa shape index (κ2) is 4.53. The molecular formula is C14H12N4O. The van der Waals surface area contributed by atoms with Gasteiger partial charge in [-0.25, -0.2) is 0 Å². The summed E-state index contributed by atoms with van der Waals surface area (Å²) in [7, 11) is 0. The van der Waals surface area contributed by atoms with Crippen molar-refractivity contribution in [1.29, 1.82) is 0 Å². The van der Waals surface area contributed by atoms with Crippen LogP contribution < -0.4 is 5.32 Å². The van der Waals surface area contributed by atoms with Crippen molar-refractivity contribution >= 4 is 22.6 Å². The number of hydrogen-bond donors (Lipinski definition) is 1. The molecule has 3 rings (SSSR count). The molecule has 0 unspecified atom stereocenters. The number of aromatic nitrogens is 3. The minimum atomic E-state index is -0.102. The standard InChI is InChI=1S/C14H12N4O/c1-10(19)15-11-7-8-13-14(9-11)17-18(16-13)12-5-3-2-4-6-12/h2-9H,1H3,(H,15,19). The normalized spacial score (nSPS) is 10.6. The number of fused-ring (bicyclic) bond motifs is 1. The van der Waals surface area contributed by atoms with E-state index in [1.54, 1.807) is 4.80 Å². The van der Waals surface area contributed by atoms with Crippen molar-refractivity contribution in [1.82, 2.24) is 15.0 Å². The largest absolute Gasteiger partial charge is 0.326 e. The molecule has 3 aromatic rings. The van der Waals surface area contributed by atoms with E-state index in [4.69, 9.17) is 0 Å². The minimum Gasteiger partial charge on any atom is -0.326 e. The third-order valence-electron chi connectivity index (χ3n) is 2.69. The van der Waals surface area contributed by atoms with Gasteiger partial charge in [-0.2, -0.15) is 4.80 Å². The fraction of sp³-hybridized carbons (Fsp3) is 0.0714. The first-order valence-electron chi connectivity index (χ1n) is 5.92. The van der Waals surface area contributed by atoms with E-state index in [2.05, 4.69) is 15.5 Å². The maximum absolute atomic E-state index is 11.0. The van der Waals surface area contributed by atoms with Gasteiger partial charge in [-0.1, -0.05) is 18.2 Å². The Balaban J connectivity index is 2.04. The van der Waals surface area contributed by atoms with Gasteiger partial charge >= 0.3 is 0 Å². The highest BCUT2D eigenvalue weighted by molar-refractivity contribution is 5.91. The van der Waals surface area contributed by atoms with Gasteiger partial charge in [0.25, 0.3) is 0 Å². The molecule has 0 saturated heterocycles. The fourth-order valence-corrected chi connectivity index (χ4v) is 1.87. The Bertz CT molecular complexity index is 734. The highest BCUT2D eigenvalue weighted by atomic mass is 16.1. The Morgan fingerprint density at radius 2 is 1.79 bits per heavy atom. The van der Waals surface area contributed by atoms with Gasteiger partial charge < -0.3 is 5.32 Å². The first-order chi connectivity index (χ1) is 9.22. The van der Waals surface area contributed by atoms with Gasteiger partial charge in [0, 0.05) is 12.6 Å². The molecule has 0 aliphatic heterocycles. The van der Waals surface area contributed by atoms with Crippen LogP contribution in [0.5, 0.6) is 0 Å². The molecule has 1 heterocycles. The van der Waals surface area contributed by atoms with Gasteiger partial charge in [-0.3, -0.25) is 4.79 Å². The van der Waals surface area contributed by atoms with E-state index in [9.17, 15) is 4.79 Å². The van der Waals surface area contributed by atoms with Crippen molar-refractivity contribution in [3.63, 3.8) is 0 Å². The topological polar surface area (TPSA) is 59.8 Å². The zero-order chi connectivity index (χ0) is 13.2. The quantitative estimate of drug-likeness (QED) is 0.761. The lowest BCUT2D eigenvalue weighted by Gasteiger charge is -1.99. The average Bonchev–Trinajstić information content (AvgIpc) is 2.82. The van der Waals surface area contributed by atoms with Crippen LogP contribution in [0.2, 0.25) is 0 Å². The number of benzene rings is 2. The molecule has 1 aromatic heterocycles. The number of carbonyl (C=O) groups excluding carboxylic acids is 1. The van der Waals surface area contributed by atoms with Crippen LogP contribution in [0.1, 0.15) is 6.92 Å². The molecule has 5 nitrogen and oxygen atoms in total. The lowest BCUT2D eigenvalue weighted by Crippen LogP contribution is -2.05. The molecule has 0 aliphatic carbocycles. The summed E-state index contributed by atoms with van der Waals surface area (Å²) >= 11 is 0. The Labute approximate surface area is 109 Å². The van der Waals surface area contributed by atoms with Crippen LogP contribution in [0.4, 0.5) is 5.69 Å². The molecule has 2 aromatic carbocycles. The molecule has 5 heteroatoms. The predicted molar refractivity (Wildman–Crippen MR) is 73.2 cm³/mol. The zero-order valence-corrected chi connectivity index (χ0v) is 10.4. The van der Waals surface area contributed by atoms with Crippen LogP contribution >= 0.6 is 0 Å². The number of carbonyl (C=O) groups is 1. The highest BCUT2D eigenvalue weighted by Gasteiger charge is 2.05. The zero-order valence-electron chi connectivity index (χ0n) is 10.4. The lowest BCUT2D eigenvalue weighted by molar-refractivity contribution is -0.114. The average molecular weight is 252 g/mol. The lowest BCUT2D eigenvalue weighted by atomic mass is 10.3. The molecule has 1 N–H and O–H groups in total. The molecule has 0 spiro atoms. The summed E-state index contributed by atoms with van der Waals surface area (Å²) in [4.78, 5) is 12.6. The minimum absolute atomic E-state index is 0.102. The van der Waals surface area contributed by atoms with E-state index in [1.807, 2.05) is 48.5 Å². The van der Waals surface area contributed by atoms with E-state index in [1.165, 1.54) is 6.92 Å². The number of amides is 1. The van der Waals surface area contributed by atoms with Crippen molar-refractivity contribution in [3.05, 3.63) is 48.5 Å². The Morgan fingerprint density at radius 1 is 1.05 bits per heavy atom. The monoisotopic (exact) mass is 252 g/mol. The maximum atomic E-state index is 11.0. The van der Waals surface area contributed by atoms with Crippen LogP contribution in [0.25, 0.3) is 16.7 Å². The van der Waals surface area contributed by atoms with Gasteiger partial charge in [-0.05, 0) is 30.3 Å². The van der Waals surface area contributed by atoms with Crippen LogP contribution in [-0.2, 0) is 4.79 Å². The van der Waals surface area contributed by atoms with Crippen molar-refractivity contribution in [2.45, 2.75) is 6.92 Å². The van der Waals surface area contributed by atoms with Crippen LogP contribution in [0.3, 0.4) is 0 Å². The number of para-hydroxylation sites is 1. The van der Waals surface area contributed by atoms with E-state index in [0.717, 1.165) is 22.4 Å². The number of hydrogen-bond acceptors (Lipinski definition) is 3. The van der Waals surface area contributed by atoms with Crippen molar-refractivity contribution < 1.29 is 4.79 Å². The summed E-state index contributed by atoms with van der Waals surface area (Å²) < 4.78 is 0. The SMILES string of the molecule is CC(=O)Nc1ccc2nn(-c3ccccc3)nc2c1. The molecule has 0 atom stereocenters. The highest BCUT2D eigenvalue weighted by Crippen LogP contribution is 2.17. The van der Waals surface area contributed by atoms with Crippen LogP contribution in [0.15, 0.2) is 48.5 Å². The van der Waals surface area contributed by atoms with Crippen molar-refractivity contribution in [2.24, 2.45) is 0 Å². The summed E-state index contributed by atoms with van der Waals surface area (Å²) in [6.45, 7) is 1.48. The summed E-state index contributed by atoms with van der Waals surface area (Å²) in [6, 6.07) is 15.2. The van der Waals surface area contributed by atoms with Gasteiger partial charge in [0.15, 0.2) is 0 Å². The Morgan fingerprint density at radius 3 is 2.53 bits per heavy atom. The Hall–Kier alpha value is -2.69. The Kier molecular flexibility index (Phi) is 2.72. The molecule has 0 fully saturated rings. The molecule has 19 heavy (non-hydrogen) atoms. The molecule has 0 bridgehead atoms. The first kappa shape index (κ1) is 11.4. The van der Waals surface area contributed by atoms with Gasteiger partial charge in [0.2, 0.25) is 5.91 Å². The van der Waals surface area contributed by atoms with E-state index in [-0.39, 0.29) is 5.91 Å². The molecule has 94 valence electrons. The second-order valence-electron chi connectivity index (χ2n) is 4.21. The molecule has 0 radical (unpaired) electrons. The van der Waals surface area contributed by atoms with Crippen LogP contribution in [-0.4, -0.2) is 20.9 Å². The number of anilines is 1. The third-order valence-corrected chi connectivity index (χ3v) is 2.69. The number of nitrogens with one attached hydrogen (secondary N) is 1. The van der Waals surface area contributed by atoms with Gasteiger partial charge in [0.1, 0.15) is 11.0 Å². The van der Waals surface area contributed by atoms with Crippen molar-refractivity contribution in [2.75, 3.05) is 5.32 Å². The molecule has 0 saturated carbocycles. The van der Waals surface area contributed by atoms with Crippen LogP contribution in [0, 0.1) is 0 Å². The summed E-state index contributed by atoms with van der Waals surface area (Å²) in [5, 5.41) is 11.5. The van der Waals surface area contributed by atoms with E-state index >= 15 is 0 Å². The third kappa shape index (κ3) is 2.30. The van der Waals surface area contributed by atoms with Crippen molar-refractivity contribution in [3.8, 4) is 5.69 Å². The maximum Gasteiger partial charge on any atom is 0.221 e. The summed E-state index contributed by atoms with van der Waals surface area (Å²) in [5.74, 6) is -0.102. The fourth-order valence-electron chi connectivity index (χ4n) is 1.87. The first-order valence-corrected chi connectivity index (χ1v) is 5.92. The van der Waals surface area contributed by atoms with E-state index < -0.39 is 0 Å². The van der Waals surface area contributed by atoms with E-state index in [0.29, 0.717) is 0 Å². The number of rotatable bonds is 2. The predicted octanol–water partition coefficient (Wildman–Crippen LogP) is 2.38. The number of nitrogens with zero attached hydrogens (tertiary/aromatic N) is 3.